The molecule has 0 amide bonds. The van der Waals surface area contributed by atoms with Crippen LogP contribution in [0.4, 0.5) is 17.1 Å². The Labute approximate surface area is 107 Å². The van der Waals surface area contributed by atoms with E-state index < -0.39 is 4.92 Å². The van der Waals surface area contributed by atoms with Crippen molar-refractivity contribution < 1.29 is 15.1 Å². The van der Waals surface area contributed by atoms with Gasteiger partial charge in [0.15, 0.2) is 5.69 Å². The number of aromatic hydroxyl groups is 2. The quantitative estimate of drug-likeness (QED) is 0.500. The van der Waals surface area contributed by atoms with Crippen molar-refractivity contribution in [1.82, 2.24) is 0 Å². The van der Waals surface area contributed by atoms with Crippen molar-refractivity contribution in [3.63, 3.8) is 0 Å². The molecule has 2 aromatic carbocycles. The molecule has 0 bridgehead atoms. The van der Waals surface area contributed by atoms with Crippen molar-refractivity contribution in [3.05, 3.63) is 52.6 Å². The van der Waals surface area contributed by atoms with Gasteiger partial charge in [0.2, 0.25) is 0 Å². The van der Waals surface area contributed by atoms with Gasteiger partial charge in [0.1, 0.15) is 17.2 Å². The summed E-state index contributed by atoms with van der Waals surface area (Å²) in [5.41, 5.74) is 0.0143. The molecular weight excluding hydrogens is 250 g/mol. The zero-order valence-corrected chi connectivity index (χ0v) is 9.59. The summed E-state index contributed by atoms with van der Waals surface area (Å²) < 4.78 is 0. The van der Waals surface area contributed by atoms with Crippen molar-refractivity contribution in [2.75, 3.05) is 0 Å². The summed E-state index contributed by atoms with van der Waals surface area (Å²) in [4.78, 5) is 10.2. The first kappa shape index (κ1) is 12.5. The fourth-order valence-electron chi connectivity index (χ4n) is 1.41. The van der Waals surface area contributed by atoms with Crippen LogP contribution in [0.2, 0.25) is 0 Å². The van der Waals surface area contributed by atoms with E-state index in [0.717, 1.165) is 6.07 Å². The number of benzene rings is 2. The van der Waals surface area contributed by atoms with Crippen molar-refractivity contribution in [2.45, 2.75) is 0 Å². The second kappa shape index (κ2) is 5.13. The number of phenols is 2. The number of hydrogen-bond acceptors (Lipinski definition) is 6. The highest BCUT2D eigenvalue weighted by Crippen LogP contribution is 2.33. The average molecular weight is 259 g/mol. The number of nitrogens with zero attached hydrogens (tertiary/aromatic N) is 3. The van der Waals surface area contributed by atoms with E-state index >= 15 is 0 Å². The molecule has 7 heteroatoms. The molecule has 96 valence electrons. The third-order valence-corrected chi connectivity index (χ3v) is 2.30. The standard InChI is InChI=1S/C12H9N3O4/c16-8-5-6-10(12(17)7-8)14-13-9-3-1-2-4-11(9)15(18)19/h1-7,16-17H. The van der Waals surface area contributed by atoms with Gasteiger partial charge in [0.25, 0.3) is 5.69 Å². The molecule has 0 saturated heterocycles. The van der Waals surface area contributed by atoms with Crippen LogP contribution in [0, 0.1) is 10.1 Å². The summed E-state index contributed by atoms with van der Waals surface area (Å²) in [6.07, 6.45) is 0. The second-order valence-electron chi connectivity index (χ2n) is 3.62. The van der Waals surface area contributed by atoms with E-state index in [1.54, 1.807) is 6.07 Å². The molecule has 0 aliphatic heterocycles. The first-order chi connectivity index (χ1) is 9.08. The minimum Gasteiger partial charge on any atom is -0.508 e. The zero-order valence-electron chi connectivity index (χ0n) is 9.59. The summed E-state index contributed by atoms with van der Waals surface area (Å²) >= 11 is 0. The summed E-state index contributed by atoms with van der Waals surface area (Å²) in [6, 6.07) is 9.65. The third kappa shape index (κ3) is 2.83. The molecule has 0 spiro atoms. The van der Waals surface area contributed by atoms with Gasteiger partial charge < -0.3 is 10.2 Å². The number of nitro benzene ring substituents is 1. The highest BCUT2D eigenvalue weighted by Gasteiger charge is 2.11. The molecule has 7 nitrogen and oxygen atoms in total. The molecule has 19 heavy (non-hydrogen) atoms. The van der Waals surface area contributed by atoms with Crippen molar-refractivity contribution in [1.29, 1.82) is 0 Å². The first-order valence-electron chi connectivity index (χ1n) is 5.25. The Morgan fingerprint density at radius 1 is 1.00 bits per heavy atom. The minimum atomic E-state index is -0.564. The van der Waals surface area contributed by atoms with Gasteiger partial charge in [0, 0.05) is 12.1 Å². The Morgan fingerprint density at radius 2 is 1.68 bits per heavy atom. The Morgan fingerprint density at radius 3 is 2.37 bits per heavy atom. The maximum Gasteiger partial charge on any atom is 0.296 e. The van der Waals surface area contributed by atoms with Crippen molar-refractivity contribution in [3.8, 4) is 11.5 Å². The Bertz CT molecular complexity index is 655. The smallest absolute Gasteiger partial charge is 0.296 e. The van der Waals surface area contributed by atoms with Gasteiger partial charge in [-0.3, -0.25) is 10.1 Å². The fourth-order valence-corrected chi connectivity index (χ4v) is 1.41. The lowest BCUT2D eigenvalue weighted by molar-refractivity contribution is -0.384. The van der Waals surface area contributed by atoms with Gasteiger partial charge in [0.05, 0.1) is 4.92 Å². The number of phenolic OH excluding ortho intramolecular Hbond substituents is 2. The number of nitro groups is 1. The van der Waals surface area contributed by atoms with Gasteiger partial charge in [-0.25, -0.2) is 0 Å². The molecule has 0 aromatic heterocycles. The largest absolute Gasteiger partial charge is 0.508 e. The average Bonchev–Trinajstić information content (AvgIpc) is 2.38. The van der Waals surface area contributed by atoms with Crippen LogP contribution in [0.25, 0.3) is 0 Å². The van der Waals surface area contributed by atoms with Gasteiger partial charge in [-0.2, -0.15) is 0 Å². The number of rotatable bonds is 3. The molecule has 0 saturated carbocycles. The van der Waals surface area contributed by atoms with Crippen LogP contribution in [0.1, 0.15) is 0 Å². The van der Waals surface area contributed by atoms with Crippen molar-refractivity contribution >= 4 is 17.1 Å². The molecular formula is C12H9N3O4. The summed E-state index contributed by atoms with van der Waals surface area (Å²) in [5.74, 6) is -0.371. The van der Waals surface area contributed by atoms with Crippen LogP contribution in [-0.4, -0.2) is 15.1 Å². The second-order valence-corrected chi connectivity index (χ2v) is 3.62. The van der Waals surface area contributed by atoms with Gasteiger partial charge in [-0.1, -0.05) is 12.1 Å². The number of hydrogen-bond donors (Lipinski definition) is 2. The van der Waals surface area contributed by atoms with E-state index in [2.05, 4.69) is 10.2 Å². The van der Waals surface area contributed by atoms with E-state index in [4.69, 9.17) is 5.11 Å². The van der Waals surface area contributed by atoms with Crippen LogP contribution < -0.4 is 0 Å². The van der Waals surface area contributed by atoms with Crippen LogP contribution in [-0.2, 0) is 0 Å². The van der Waals surface area contributed by atoms with Crippen LogP contribution in [0.3, 0.4) is 0 Å². The van der Waals surface area contributed by atoms with Crippen molar-refractivity contribution in [2.24, 2.45) is 10.2 Å². The Balaban J connectivity index is 2.35. The highest BCUT2D eigenvalue weighted by atomic mass is 16.6. The van der Waals surface area contributed by atoms with Crippen LogP contribution >= 0.6 is 0 Å². The monoisotopic (exact) mass is 259 g/mol. The predicted molar refractivity (Wildman–Crippen MR) is 67.0 cm³/mol. The van der Waals surface area contributed by atoms with E-state index in [9.17, 15) is 15.2 Å². The van der Waals surface area contributed by atoms with E-state index in [1.807, 2.05) is 0 Å². The van der Waals surface area contributed by atoms with Gasteiger partial charge in [-0.15, -0.1) is 10.2 Å². The summed E-state index contributed by atoms with van der Waals surface area (Å²) in [6.45, 7) is 0. The lowest BCUT2D eigenvalue weighted by Crippen LogP contribution is -1.86. The fraction of sp³-hybridized carbons (Fsp3) is 0. The summed E-state index contributed by atoms with van der Waals surface area (Å²) in [5, 5.41) is 36.8. The van der Waals surface area contributed by atoms with E-state index in [1.165, 1.54) is 30.3 Å². The van der Waals surface area contributed by atoms with Gasteiger partial charge >= 0.3 is 0 Å². The SMILES string of the molecule is O=[N+]([O-])c1ccccc1N=Nc1ccc(O)cc1O. The topological polar surface area (TPSA) is 108 Å². The lowest BCUT2D eigenvalue weighted by atomic mass is 10.3. The van der Waals surface area contributed by atoms with Gasteiger partial charge in [-0.05, 0) is 18.2 Å². The van der Waals surface area contributed by atoms with Crippen LogP contribution in [0.5, 0.6) is 11.5 Å². The third-order valence-electron chi connectivity index (χ3n) is 2.30. The molecule has 0 fully saturated rings. The maximum absolute atomic E-state index is 10.8. The molecule has 0 aliphatic rings. The molecule has 0 atom stereocenters. The lowest BCUT2D eigenvalue weighted by Gasteiger charge is -1.98. The number of azo groups is 1. The normalized spacial score (nSPS) is 10.7. The van der Waals surface area contributed by atoms with E-state index in [0.29, 0.717) is 0 Å². The number of para-hydroxylation sites is 1. The zero-order chi connectivity index (χ0) is 13.8. The molecule has 2 aromatic rings. The molecule has 2 rings (SSSR count). The van der Waals surface area contributed by atoms with E-state index in [-0.39, 0.29) is 28.6 Å². The molecule has 2 N–H and O–H groups in total. The highest BCUT2D eigenvalue weighted by molar-refractivity contribution is 5.58. The molecule has 0 unspecified atom stereocenters. The Hall–Kier alpha value is -2.96. The molecule has 0 heterocycles. The summed E-state index contributed by atoms with van der Waals surface area (Å²) in [7, 11) is 0. The van der Waals surface area contributed by atoms with Crippen LogP contribution in [0.15, 0.2) is 52.7 Å². The molecule has 0 radical (unpaired) electrons. The minimum absolute atomic E-state index is 0.0833. The molecule has 0 aliphatic carbocycles. The Kier molecular flexibility index (Phi) is 3.37. The first-order valence-corrected chi connectivity index (χ1v) is 5.25. The maximum atomic E-state index is 10.8. The predicted octanol–water partition coefficient (Wildman–Crippen LogP) is 3.42.